The van der Waals surface area contributed by atoms with E-state index >= 15 is 0 Å². The summed E-state index contributed by atoms with van der Waals surface area (Å²) in [6, 6.07) is 2.75. The van der Waals surface area contributed by atoms with Crippen LogP contribution >= 0.6 is 0 Å². The van der Waals surface area contributed by atoms with E-state index in [1.54, 1.807) is 4.90 Å². The predicted octanol–water partition coefficient (Wildman–Crippen LogP) is 2.74. The minimum atomic E-state index is -1.59. The topological polar surface area (TPSA) is 103 Å². The van der Waals surface area contributed by atoms with E-state index in [2.05, 4.69) is 4.98 Å². The zero-order valence-electron chi connectivity index (χ0n) is 14.6. The van der Waals surface area contributed by atoms with Crippen LogP contribution in [0.5, 0.6) is 0 Å². The molecule has 0 radical (unpaired) electrons. The minimum Gasteiger partial charge on any atom is -0.444 e. The summed E-state index contributed by atoms with van der Waals surface area (Å²) in [5.41, 5.74) is -0.804. The summed E-state index contributed by atoms with van der Waals surface area (Å²) in [4.78, 5) is 28.2. The minimum absolute atomic E-state index is 0.0105. The van der Waals surface area contributed by atoms with Crippen molar-refractivity contribution in [2.75, 3.05) is 18.8 Å². The number of rotatable bonds is 4. The standard InChI is InChI=1S/C16H23N3O5S/c1-16(2,3)24-15(20)18-9-5-6-12(10-18)11-25(23)14-13(19(21)22)7-4-8-17-14/h4,7-8,12H,5-6,9-11H2,1-3H3/t12-,25-/m0/s1. The van der Waals surface area contributed by atoms with Gasteiger partial charge in [-0.2, -0.15) is 0 Å². The highest BCUT2D eigenvalue weighted by Gasteiger charge is 2.30. The molecule has 1 aliphatic rings. The Morgan fingerprint density at radius 3 is 2.88 bits per heavy atom. The van der Waals surface area contributed by atoms with Crippen molar-refractivity contribution in [3.05, 3.63) is 28.4 Å². The van der Waals surface area contributed by atoms with Crippen molar-refractivity contribution in [1.29, 1.82) is 0 Å². The van der Waals surface area contributed by atoms with Gasteiger partial charge in [0.05, 0.1) is 15.7 Å². The van der Waals surface area contributed by atoms with Crippen LogP contribution in [-0.2, 0) is 15.5 Å². The molecule has 25 heavy (non-hydrogen) atoms. The summed E-state index contributed by atoms with van der Waals surface area (Å²) in [5, 5.41) is 11.0. The molecule has 0 aromatic carbocycles. The molecule has 1 aromatic heterocycles. The van der Waals surface area contributed by atoms with Crippen molar-refractivity contribution in [3.63, 3.8) is 0 Å². The average molecular weight is 369 g/mol. The molecule has 1 fully saturated rings. The van der Waals surface area contributed by atoms with Crippen LogP contribution in [0.2, 0.25) is 0 Å². The number of hydrogen-bond donors (Lipinski definition) is 0. The molecular formula is C16H23N3O5S. The van der Waals surface area contributed by atoms with E-state index in [1.165, 1.54) is 18.3 Å². The van der Waals surface area contributed by atoms with Gasteiger partial charge < -0.3 is 9.64 Å². The molecule has 8 nitrogen and oxygen atoms in total. The highest BCUT2D eigenvalue weighted by atomic mass is 32.2. The van der Waals surface area contributed by atoms with Crippen LogP contribution in [0.3, 0.4) is 0 Å². The van der Waals surface area contributed by atoms with Gasteiger partial charge in [-0.15, -0.1) is 0 Å². The molecule has 0 spiro atoms. The lowest BCUT2D eigenvalue weighted by molar-refractivity contribution is -0.388. The lowest BCUT2D eigenvalue weighted by atomic mass is 10.0. The number of piperidine rings is 1. The van der Waals surface area contributed by atoms with Gasteiger partial charge in [0.2, 0.25) is 5.03 Å². The van der Waals surface area contributed by atoms with E-state index in [0.717, 1.165) is 12.8 Å². The fourth-order valence-corrected chi connectivity index (χ4v) is 4.10. The first kappa shape index (κ1) is 19.3. The van der Waals surface area contributed by atoms with Crippen LogP contribution in [0.4, 0.5) is 10.5 Å². The number of aromatic nitrogens is 1. The molecule has 0 saturated carbocycles. The van der Waals surface area contributed by atoms with Crippen molar-refractivity contribution < 1.29 is 18.7 Å². The fraction of sp³-hybridized carbons (Fsp3) is 0.625. The smallest absolute Gasteiger partial charge is 0.410 e. The Hall–Kier alpha value is -2.03. The maximum Gasteiger partial charge on any atom is 0.410 e. The van der Waals surface area contributed by atoms with Gasteiger partial charge in [-0.25, -0.2) is 9.78 Å². The summed E-state index contributed by atoms with van der Waals surface area (Å²) < 4.78 is 17.9. The lowest BCUT2D eigenvalue weighted by Crippen LogP contribution is -2.44. The van der Waals surface area contributed by atoms with E-state index in [0.29, 0.717) is 13.1 Å². The van der Waals surface area contributed by atoms with E-state index in [9.17, 15) is 19.1 Å². The molecule has 1 saturated heterocycles. The lowest BCUT2D eigenvalue weighted by Gasteiger charge is -2.33. The SMILES string of the molecule is CC(C)(C)OC(=O)N1CCC[C@H](C[S@](=O)c2ncccc2[N+](=O)[O-])C1. The first-order chi connectivity index (χ1) is 11.7. The molecule has 2 heterocycles. The number of nitro groups is 1. The summed E-state index contributed by atoms with van der Waals surface area (Å²) in [6.45, 7) is 6.45. The molecule has 2 rings (SSSR count). The molecule has 1 aliphatic heterocycles. The Morgan fingerprint density at radius 2 is 2.24 bits per heavy atom. The molecule has 9 heteroatoms. The van der Waals surface area contributed by atoms with Gasteiger partial charge in [0.15, 0.2) is 0 Å². The first-order valence-electron chi connectivity index (χ1n) is 8.13. The van der Waals surface area contributed by atoms with Gasteiger partial charge >= 0.3 is 11.8 Å². The molecule has 0 aliphatic carbocycles. The van der Waals surface area contributed by atoms with Crippen LogP contribution in [0, 0.1) is 16.0 Å². The Labute approximate surface area is 149 Å². The Bertz CT molecular complexity index is 674. The molecule has 1 amide bonds. The predicted molar refractivity (Wildman–Crippen MR) is 92.7 cm³/mol. The monoisotopic (exact) mass is 369 g/mol. The number of carbonyl (C=O) groups excluding carboxylic acids is 1. The van der Waals surface area contributed by atoms with Crippen LogP contribution in [0.15, 0.2) is 23.4 Å². The van der Waals surface area contributed by atoms with Crippen molar-refractivity contribution in [3.8, 4) is 0 Å². The molecule has 0 unspecified atom stereocenters. The van der Waals surface area contributed by atoms with Gasteiger partial charge in [0.25, 0.3) is 0 Å². The van der Waals surface area contributed by atoms with Crippen molar-refractivity contribution in [2.45, 2.75) is 44.2 Å². The van der Waals surface area contributed by atoms with E-state index < -0.39 is 21.3 Å². The number of nitrogens with zero attached hydrogens (tertiary/aromatic N) is 3. The van der Waals surface area contributed by atoms with Crippen molar-refractivity contribution in [1.82, 2.24) is 9.88 Å². The number of ether oxygens (including phenoxy) is 1. The van der Waals surface area contributed by atoms with E-state index in [4.69, 9.17) is 4.74 Å². The second-order valence-electron chi connectivity index (χ2n) is 7.03. The van der Waals surface area contributed by atoms with Gasteiger partial charge in [0.1, 0.15) is 5.60 Å². The number of amides is 1. The number of pyridine rings is 1. The van der Waals surface area contributed by atoms with Crippen molar-refractivity contribution in [2.24, 2.45) is 5.92 Å². The average Bonchev–Trinajstić information content (AvgIpc) is 2.53. The highest BCUT2D eigenvalue weighted by Crippen LogP contribution is 2.24. The second kappa shape index (κ2) is 7.90. The Balaban J connectivity index is 2.02. The third-order valence-corrected chi connectivity index (χ3v) is 5.24. The quantitative estimate of drug-likeness (QED) is 0.597. The number of hydrogen-bond acceptors (Lipinski definition) is 6. The molecular weight excluding hydrogens is 346 g/mol. The second-order valence-corrected chi connectivity index (χ2v) is 8.44. The van der Waals surface area contributed by atoms with Crippen LogP contribution < -0.4 is 0 Å². The number of likely N-dealkylation sites (tertiary alicyclic amines) is 1. The summed E-state index contributed by atoms with van der Waals surface area (Å²) in [6.07, 6.45) is 2.61. The number of carbonyl (C=O) groups is 1. The van der Waals surface area contributed by atoms with Crippen LogP contribution in [-0.4, -0.2) is 49.6 Å². The molecule has 2 atom stereocenters. The van der Waals surface area contributed by atoms with Crippen LogP contribution in [0.25, 0.3) is 0 Å². The largest absolute Gasteiger partial charge is 0.444 e. The fourth-order valence-electron chi connectivity index (χ4n) is 2.68. The maximum atomic E-state index is 12.6. The highest BCUT2D eigenvalue weighted by molar-refractivity contribution is 7.85. The van der Waals surface area contributed by atoms with E-state index in [-0.39, 0.29) is 28.5 Å². The maximum absolute atomic E-state index is 12.6. The van der Waals surface area contributed by atoms with Crippen LogP contribution in [0.1, 0.15) is 33.6 Å². The molecule has 138 valence electrons. The zero-order chi connectivity index (χ0) is 18.6. The molecule has 0 N–H and O–H groups in total. The summed E-state index contributed by atoms with van der Waals surface area (Å²) >= 11 is 0. The molecule has 0 bridgehead atoms. The third kappa shape index (κ3) is 5.48. The summed E-state index contributed by atoms with van der Waals surface area (Å²) in [5.74, 6) is 0.223. The van der Waals surface area contributed by atoms with Gasteiger partial charge in [-0.05, 0) is 45.6 Å². The van der Waals surface area contributed by atoms with E-state index in [1.807, 2.05) is 20.8 Å². The van der Waals surface area contributed by atoms with Gasteiger partial charge in [-0.1, -0.05) is 0 Å². The van der Waals surface area contributed by atoms with Gasteiger partial charge in [0, 0.05) is 31.1 Å². The van der Waals surface area contributed by atoms with Gasteiger partial charge in [-0.3, -0.25) is 14.3 Å². The first-order valence-corrected chi connectivity index (χ1v) is 9.45. The molecule has 1 aromatic rings. The third-order valence-electron chi connectivity index (χ3n) is 3.72. The Morgan fingerprint density at radius 1 is 1.52 bits per heavy atom. The summed E-state index contributed by atoms with van der Waals surface area (Å²) in [7, 11) is -1.59. The zero-order valence-corrected chi connectivity index (χ0v) is 15.5. The normalized spacial score (nSPS) is 19.3. The van der Waals surface area contributed by atoms with Crippen molar-refractivity contribution >= 4 is 22.6 Å². The Kier molecular flexibility index (Phi) is 6.10.